The number of aliphatic hydroxyl groups excluding tert-OH is 1. The van der Waals surface area contributed by atoms with Crippen LogP contribution >= 0.6 is 11.3 Å². The van der Waals surface area contributed by atoms with Gasteiger partial charge in [-0.15, -0.1) is 11.3 Å². The van der Waals surface area contributed by atoms with Crippen molar-refractivity contribution in [1.29, 1.82) is 0 Å². The molecule has 0 saturated heterocycles. The number of nitrogens with one attached hydrogen (secondary N) is 2. The van der Waals surface area contributed by atoms with Crippen molar-refractivity contribution in [2.75, 3.05) is 11.9 Å². The predicted molar refractivity (Wildman–Crippen MR) is 104 cm³/mol. The number of nitrogens with zero attached hydrogens (tertiary/aromatic N) is 1. The van der Waals surface area contributed by atoms with E-state index < -0.39 is 24.5 Å². The number of thiazole rings is 1. The first kappa shape index (κ1) is 18.8. The van der Waals surface area contributed by atoms with E-state index in [2.05, 4.69) is 15.6 Å². The molecule has 27 heavy (non-hydrogen) atoms. The summed E-state index contributed by atoms with van der Waals surface area (Å²) in [6, 6.07) is 17.6. The standard InChI is InChI=1S/C20H19N3O3S/c24-13-16(18(25)23-20-21-11-12-27-20)22-19(26)17(14-7-3-1-4-8-14)15-9-5-2-6-10-15/h1-12,16-17,24H,13H2,(H,22,26)(H,21,23,25)/t16-/m0/s1. The second-order valence-electron chi connectivity index (χ2n) is 5.82. The van der Waals surface area contributed by atoms with Crippen molar-refractivity contribution >= 4 is 28.3 Å². The lowest BCUT2D eigenvalue weighted by Gasteiger charge is -2.21. The smallest absolute Gasteiger partial charge is 0.251 e. The Balaban J connectivity index is 1.80. The normalized spacial score (nSPS) is 11.8. The maximum absolute atomic E-state index is 13.0. The fraction of sp³-hybridized carbons (Fsp3) is 0.150. The zero-order valence-electron chi connectivity index (χ0n) is 14.4. The summed E-state index contributed by atoms with van der Waals surface area (Å²) in [5.41, 5.74) is 1.61. The van der Waals surface area contributed by atoms with Gasteiger partial charge in [0, 0.05) is 11.6 Å². The largest absolute Gasteiger partial charge is 0.394 e. The molecule has 6 nitrogen and oxygen atoms in total. The van der Waals surface area contributed by atoms with Crippen LogP contribution in [0.3, 0.4) is 0 Å². The zero-order valence-corrected chi connectivity index (χ0v) is 15.2. The van der Waals surface area contributed by atoms with Gasteiger partial charge in [0.1, 0.15) is 6.04 Å². The van der Waals surface area contributed by atoms with Gasteiger partial charge in [0.2, 0.25) is 5.91 Å². The van der Waals surface area contributed by atoms with E-state index in [0.29, 0.717) is 5.13 Å². The van der Waals surface area contributed by atoms with Gasteiger partial charge >= 0.3 is 0 Å². The number of carbonyl (C=O) groups excluding carboxylic acids is 2. The number of benzene rings is 2. The van der Waals surface area contributed by atoms with Crippen molar-refractivity contribution in [2.45, 2.75) is 12.0 Å². The molecule has 0 unspecified atom stereocenters. The monoisotopic (exact) mass is 381 g/mol. The molecule has 0 aliphatic rings. The van der Waals surface area contributed by atoms with E-state index in [-0.39, 0.29) is 5.91 Å². The Morgan fingerprint density at radius 3 is 2.04 bits per heavy atom. The molecular weight excluding hydrogens is 362 g/mol. The molecule has 2 amide bonds. The van der Waals surface area contributed by atoms with E-state index in [0.717, 1.165) is 11.1 Å². The number of hydrogen-bond acceptors (Lipinski definition) is 5. The lowest BCUT2D eigenvalue weighted by Crippen LogP contribution is -2.47. The highest BCUT2D eigenvalue weighted by Crippen LogP contribution is 2.25. The second-order valence-corrected chi connectivity index (χ2v) is 6.72. The van der Waals surface area contributed by atoms with E-state index in [1.54, 1.807) is 11.6 Å². The molecule has 7 heteroatoms. The van der Waals surface area contributed by atoms with E-state index >= 15 is 0 Å². The summed E-state index contributed by atoms with van der Waals surface area (Å²) in [6.07, 6.45) is 1.56. The number of rotatable bonds is 7. The van der Waals surface area contributed by atoms with Crippen molar-refractivity contribution in [2.24, 2.45) is 0 Å². The van der Waals surface area contributed by atoms with Crippen LogP contribution in [0.2, 0.25) is 0 Å². The summed E-state index contributed by atoms with van der Waals surface area (Å²) in [4.78, 5) is 29.3. The van der Waals surface area contributed by atoms with Crippen LogP contribution in [0.4, 0.5) is 5.13 Å². The van der Waals surface area contributed by atoms with Gasteiger partial charge in [-0.25, -0.2) is 4.98 Å². The van der Waals surface area contributed by atoms with Crippen LogP contribution in [0, 0.1) is 0 Å². The molecule has 0 spiro atoms. The van der Waals surface area contributed by atoms with Crippen LogP contribution in [0.1, 0.15) is 17.0 Å². The lowest BCUT2D eigenvalue weighted by atomic mass is 9.90. The maximum atomic E-state index is 13.0. The van der Waals surface area contributed by atoms with Crippen LogP contribution < -0.4 is 10.6 Å². The Morgan fingerprint density at radius 2 is 1.56 bits per heavy atom. The molecule has 2 aromatic carbocycles. The van der Waals surface area contributed by atoms with Crippen molar-refractivity contribution in [3.05, 3.63) is 83.4 Å². The van der Waals surface area contributed by atoms with Gasteiger partial charge in [-0.1, -0.05) is 60.7 Å². The van der Waals surface area contributed by atoms with Crippen LogP contribution in [0.15, 0.2) is 72.2 Å². The summed E-state index contributed by atoms with van der Waals surface area (Å²) < 4.78 is 0. The third-order valence-electron chi connectivity index (χ3n) is 4.01. The second kappa shape index (κ2) is 9.07. The highest BCUT2D eigenvalue weighted by molar-refractivity contribution is 7.13. The molecule has 0 radical (unpaired) electrons. The third-order valence-corrected chi connectivity index (χ3v) is 4.69. The SMILES string of the molecule is O=C(N[C@@H](CO)C(=O)Nc1nccs1)C(c1ccccc1)c1ccccc1. The van der Waals surface area contributed by atoms with Gasteiger partial charge in [0.25, 0.3) is 5.91 Å². The molecule has 1 atom stereocenters. The molecule has 0 fully saturated rings. The van der Waals surface area contributed by atoms with Crippen LogP contribution in [-0.2, 0) is 9.59 Å². The molecule has 138 valence electrons. The average Bonchev–Trinajstić information content (AvgIpc) is 3.21. The number of aliphatic hydroxyl groups is 1. The number of carbonyl (C=O) groups is 2. The number of anilines is 1. The molecular formula is C20H19N3O3S. The van der Waals surface area contributed by atoms with Gasteiger partial charge in [-0.05, 0) is 11.1 Å². The van der Waals surface area contributed by atoms with Crippen LogP contribution in [0.25, 0.3) is 0 Å². The highest BCUT2D eigenvalue weighted by atomic mass is 32.1. The van der Waals surface area contributed by atoms with Crippen molar-refractivity contribution < 1.29 is 14.7 Å². The van der Waals surface area contributed by atoms with Crippen molar-refractivity contribution in [1.82, 2.24) is 10.3 Å². The number of amides is 2. The molecule has 0 aliphatic carbocycles. The molecule has 3 N–H and O–H groups in total. The van der Waals surface area contributed by atoms with E-state index in [1.165, 1.54) is 11.3 Å². The quantitative estimate of drug-likeness (QED) is 0.586. The van der Waals surface area contributed by atoms with E-state index in [4.69, 9.17) is 0 Å². The third kappa shape index (κ3) is 4.78. The Kier molecular flexibility index (Phi) is 6.30. The van der Waals surface area contributed by atoms with Gasteiger partial charge in [-0.2, -0.15) is 0 Å². The zero-order chi connectivity index (χ0) is 19.1. The highest BCUT2D eigenvalue weighted by Gasteiger charge is 2.27. The maximum Gasteiger partial charge on any atom is 0.251 e. The van der Waals surface area contributed by atoms with E-state index in [1.807, 2.05) is 60.7 Å². The summed E-state index contributed by atoms with van der Waals surface area (Å²) in [5, 5.41) is 17.0. The molecule has 0 aliphatic heterocycles. The molecule has 3 rings (SSSR count). The number of aromatic nitrogens is 1. The summed E-state index contributed by atoms with van der Waals surface area (Å²) in [5.74, 6) is -1.46. The van der Waals surface area contributed by atoms with Gasteiger partial charge in [0.15, 0.2) is 5.13 Å². The van der Waals surface area contributed by atoms with E-state index in [9.17, 15) is 14.7 Å². The van der Waals surface area contributed by atoms with Gasteiger partial charge in [-0.3, -0.25) is 9.59 Å². The van der Waals surface area contributed by atoms with Crippen LogP contribution in [-0.4, -0.2) is 34.6 Å². The topological polar surface area (TPSA) is 91.3 Å². The number of hydrogen-bond donors (Lipinski definition) is 3. The predicted octanol–water partition coefficient (Wildman–Crippen LogP) is 2.39. The van der Waals surface area contributed by atoms with Gasteiger partial charge in [0.05, 0.1) is 12.5 Å². The fourth-order valence-electron chi connectivity index (χ4n) is 2.71. The first-order valence-corrected chi connectivity index (χ1v) is 9.28. The Bertz CT molecular complexity index is 831. The first-order valence-electron chi connectivity index (χ1n) is 8.40. The summed E-state index contributed by atoms with van der Waals surface area (Å²) >= 11 is 1.26. The Morgan fingerprint density at radius 1 is 0.963 bits per heavy atom. The average molecular weight is 381 g/mol. The Hall–Kier alpha value is -3.03. The van der Waals surface area contributed by atoms with Crippen LogP contribution in [0.5, 0.6) is 0 Å². The first-order chi connectivity index (χ1) is 13.2. The fourth-order valence-corrected chi connectivity index (χ4v) is 3.24. The summed E-state index contributed by atoms with van der Waals surface area (Å²) in [7, 11) is 0. The van der Waals surface area contributed by atoms with Crippen molar-refractivity contribution in [3.8, 4) is 0 Å². The molecule has 0 saturated carbocycles. The minimum Gasteiger partial charge on any atom is -0.394 e. The lowest BCUT2D eigenvalue weighted by molar-refractivity contribution is -0.127. The Labute approximate surface area is 160 Å². The minimum absolute atomic E-state index is 0.360. The molecule has 3 aromatic rings. The molecule has 1 aromatic heterocycles. The van der Waals surface area contributed by atoms with Crippen molar-refractivity contribution in [3.63, 3.8) is 0 Å². The minimum atomic E-state index is -1.07. The molecule has 1 heterocycles. The molecule has 0 bridgehead atoms. The van der Waals surface area contributed by atoms with Gasteiger partial charge < -0.3 is 15.7 Å². The summed E-state index contributed by atoms with van der Waals surface area (Å²) in [6.45, 7) is -0.515.